The number of benzene rings is 2. The molecule has 1 atom stereocenters. The lowest BCUT2D eigenvalue weighted by Crippen LogP contribution is -2.37. The predicted molar refractivity (Wildman–Crippen MR) is 107 cm³/mol. The number of hydrogen-bond donors (Lipinski definition) is 0. The highest BCUT2D eigenvalue weighted by Gasteiger charge is 2.29. The molecule has 0 N–H and O–H groups in total. The van der Waals surface area contributed by atoms with E-state index in [0.29, 0.717) is 18.5 Å². The molecule has 0 spiro atoms. The Morgan fingerprint density at radius 3 is 2.82 bits per heavy atom. The zero-order valence-corrected chi connectivity index (χ0v) is 15.8. The molecule has 0 saturated carbocycles. The minimum absolute atomic E-state index is 0.204. The Balaban J connectivity index is 1.59. The standard InChI is InChI=1S/C22H18ClFN2O2/c23-21-18(12-16-9-10-17(24)13-19(16)25-21)20-8-4-5-11-26(20)22(27)28-14-15-6-2-1-3-7-15/h1-7,9-10,12-13,20H,8,11,14H2. The molecule has 2 heterocycles. The van der Waals surface area contributed by atoms with Crippen molar-refractivity contribution >= 4 is 28.6 Å². The molecule has 4 rings (SSSR count). The molecule has 0 bridgehead atoms. The smallest absolute Gasteiger partial charge is 0.410 e. The molecule has 2 aromatic carbocycles. The van der Waals surface area contributed by atoms with E-state index in [1.165, 1.54) is 12.1 Å². The first-order valence-electron chi connectivity index (χ1n) is 9.00. The molecule has 1 aliphatic heterocycles. The van der Waals surface area contributed by atoms with Crippen molar-refractivity contribution in [2.45, 2.75) is 19.1 Å². The van der Waals surface area contributed by atoms with E-state index in [4.69, 9.17) is 16.3 Å². The monoisotopic (exact) mass is 396 g/mol. The van der Waals surface area contributed by atoms with Crippen LogP contribution in [-0.2, 0) is 11.3 Å². The van der Waals surface area contributed by atoms with Crippen LogP contribution in [0, 0.1) is 5.82 Å². The molecule has 1 amide bonds. The molecule has 6 heteroatoms. The van der Waals surface area contributed by atoms with Gasteiger partial charge < -0.3 is 4.74 Å². The number of ether oxygens (including phenoxy) is 1. The summed E-state index contributed by atoms with van der Waals surface area (Å²) in [7, 11) is 0. The summed E-state index contributed by atoms with van der Waals surface area (Å²) >= 11 is 6.40. The minimum Gasteiger partial charge on any atom is -0.445 e. The van der Waals surface area contributed by atoms with Crippen molar-refractivity contribution in [1.82, 2.24) is 9.88 Å². The largest absolute Gasteiger partial charge is 0.445 e. The van der Waals surface area contributed by atoms with Crippen LogP contribution < -0.4 is 0 Å². The van der Waals surface area contributed by atoms with E-state index in [0.717, 1.165) is 16.5 Å². The van der Waals surface area contributed by atoms with Gasteiger partial charge in [0.15, 0.2) is 0 Å². The quantitative estimate of drug-likeness (QED) is 0.423. The van der Waals surface area contributed by atoms with E-state index in [-0.39, 0.29) is 23.6 Å². The zero-order valence-electron chi connectivity index (χ0n) is 15.0. The summed E-state index contributed by atoms with van der Waals surface area (Å²) < 4.78 is 19.0. The molecule has 1 aromatic heterocycles. The molecule has 1 aliphatic rings. The Labute approximate surface area is 167 Å². The van der Waals surface area contributed by atoms with Gasteiger partial charge in [0.25, 0.3) is 0 Å². The van der Waals surface area contributed by atoms with Crippen molar-refractivity contribution in [3.63, 3.8) is 0 Å². The fraction of sp³-hybridized carbons (Fsp3) is 0.182. The van der Waals surface area contributed by atoms with Crippen LogP contribution in [0.5, 0.6) is 0 Å². The van der Waals surface area contributed by atoms with Gasteiger partial charge in [-0.2, -0.15) is 0 Å². The number of fused-ring (bicyclic) bond motifs is 1. The molecule has 0 aliphatic carbocycles. The Hall–Kier alpha value is -2.92. The van der Waals surface area contributed by atoms with Crippen LogP contribution in [0.25, 0.3) is 10.9 Å². The number of rotatable bonds is 3. The maximum absolute atomic E-state index is 13.5. The predicted octanol–water partition coefficient (Wildman–Crippen LogP) is 5.67. The van der Waals surface area contributed by atoms with Crippen molar-refractivity contribution in [2.75, 3.05) is 6.54 Å². The first-order valence-corrected chi connectivity index (χ1v) is 9.37. The topological polar surface area (TPSA) is 42.4 Å². The van der Waals surface area contributed by atoms with Crippen LogP contribution in [0.4, 0.5) is 9.18 Å². The summed E-state index contributed by atoms with van der Waals surface area (Å²) in [6, 6.07) is 15.5. The lowest BCUT2D eigenvalue weighted by Gasteiger charge is -2.32. The van der Waals surface area contributed by atoms with Crippen molar-refractivity contribution in [3.8, 4) is 0 Å². The van der Waals surface area contributed by atoms with Crippen molar-refractivity contribution in [2.24, 2.45) is 0 Å². The number of amides is 1. The van der Waals surface area contributed by atoms with E-state index in [1.54, 1.807) is 11.0 Å². The summed E-state index contributed by atoms with van der Waals surface area (Å²) in [4.78, 5) is 18.7. The molecule has 4 nitrogen and oxygen atoms in total. The first-order chi connectivity index (χ1) is 13.6. The van der Waals surface area contributed by atoms with E-state index >= 15 is 0 Å². The maximum Gasteiger partial charge on any atom is 0.410 e. The maximum atomic E-state index is 13.5. The van der Waals surface area contributed by atoms with Crippen LogP contribution in [-0.4, -0.2) is 22.5 Å². The lowest BCUT2D eigenvalue weighted by molar-refractivity contribution is 0.0832. The first kappa shape index (κ1) is 18.4. The third-order valence-electron chi connectivity index (χ3n) is 4.76. The van der Waals surface area contributed by atoms with Gasteiger partial charge in [-0.05, 0) is 30.2 Å². The van der Waals surface area contributed by atoms with Crippen LogP contribution in [0.1, 0.15) is 23.6 Å². The van der Waals surface area contributed by atoms with Gasteiger partial charge in [-0.3, -0.25) is 4.90 Å². The van der Waals surface area contributed by atoms with Crippen molar-refractivity contribution in [3.05, 3.63) is 88.8 Å². The summed E-state index contributed by atoms with van der Waals surface area (Å²) in [6.45, 7) is 0.631. The van der Waals surface area contributed by atoms with Gasteiger partial charge >= 0.3 is 6.09 Å². The number of carbonyl (C=O) groups excluding carboxylic acids is 1. The SMILES string of the molecule is O=C(OCc1ccccc1)N1CC=CCC1c1cc2ccc(F)cc2nc1Cl. The average molecular weight is 397 g/mol. The highest BCUT2D eigenvalue weighted by molar-refractivity contribution is 6.30. The zero-order chi connectivity index (χ0) is 19.5. The fourth-order valence-electron chi connectivity index (χ4n) is 3.33. The molecule has 0 fully saturated rings. The van der Waals surface area contributed by atoms with Crippen molar-refractivity contribution in [1.29, 1.82) is 0 Å². The van der Waals surface area contributed by atoms with Gasteiger partial charge in [-0.15, -0.1) is 0 Å². The Morgan fingerprint density at radius 2 is 2.00 bits per heavy atom. The second-order valence-corrected chi connectivity index (χ2v) is 6.98. The molecule has 142 valence electrons. The fourth-order valence-corrected chi connectivity index (χ4v) is 3.60. The van der Waals surface area contributed by atoms with E-state index in [1.807, 2.05) is 48.6 Å². The molecule has 3 aromatic rings. The number of nitrogens with zero attached hydrogens (tertiary/aromatic N) is 2. The van der Waals surface area contributed by atoms with Crippen LogP contribution in [0.2, 0.25) is 5.15 Å². The normalized spacial score (nSPS) is 16.4. The van der Waals surface area contributed by atoms with Crippen LogP contribution >= 0.6 is 11.6 Å². The van der Waals surface area contributed by atoms with Gasteiger partial charge in [0.05, 0.1) is 11.6 Å². The van der Waals surface area contributed by atoms with Gasteiger partial charge in [0.2, 0.25) is 0 Å². The van der Waals surface area contributed by atoms with Crippen LogP contribution in [0.3, 0.4) is 0 Å². The lowest BCUT2D eigenvalue weighted by atomic mass is 9.99. The van der Waals surface area contributed by atoms with Gasteiger partial charge in [0.1, 0.15) is 17.6 Å². The summed E-state index contributed by atoms with van der Waals surface area (Å²) in [5, 5.41) is 1.03. The highest BCUT2D eigenvalue weighted by Crippen LogP contribution is 2.34. The number of halogens is 2. The van der Waals surface area contributed by atoms with Gasteiger partial charge in [-0.1, -0.05) is 54.1 Å². The molecule has 0 saturated heterocycles. The average Bonchev–Trinajstić information content (AvgIpc) is 2.72. The second kappa shape index (κ2) is 7.98. The molecular weight excluding hydrogens is 379 g/mol. The second-order valence-electron chi connectivity index (χ2n) is 6.62. The molecule has 28 heavy (non-hydrogen) atoms. The minimum atomic E-state index is -0.409. The number of pyridine rings is 1. The van der Waals surface area contributed by atoms with Crippen LogP contribution in [0.15, 0.2) is 66.7 Å². The van der Waals surface area contributed by atoms with Crippen molar-refractivity contribution < 1.29 is 13.9 Å². The van der Waals surface area contributed by atoms with E-state index < -0.39 is 6.09 Å². The Morgan fingerprint density at radius 1 is 1.18 bits per heavy atom. The Bertz CT molecular complexity index is 1040. The summed E-state index contributed by atoms with van der Waals surface area (Å²) in [6.07, 6.45) is 4.14. The van der Waals surface area contributed by atoms with E-state index in [2.05, 4.69) is 4.98 Å². The molecule has 0 radical (unpaired) electrons. The number of aromatic nitrogens is 1. The summed E-state index contributed by atoms with van der Waals surface area (Å²) in [5.41, 5.74) is 2.13. The third-order valence-corrected chi connectivity index (χ3v) is 5.07. The third kappa shape index (κ3) is 3.85. The number of hydrogen-bond acceptors (Lipinski definition) is 3. The summed E-state index contributed by atoms with van der Waals surface area (Å²) in [5.74, 6) is -0.365. The molecule has 1 unspecified atom stereocenters. The highest BCUT2D eigenvalue weighted by atomic mass is 35.5. The van der Waals surface area contributed by atoms with Gasteiger partial charge in [0, 0.05) is 23.6 Å². The molecular formula is C22H18ClFN2O2. The Kier molecular flexibility index (Phi) is 5.26. The van der Waals surface area contributed by atoms with E-state index in [9.17, 15) is 9.18 Å². The number of carbonyl (C=O) groups is 1. The van der Waals surface area contributed by atoms with Gasteiger partial charge in [-0.25, -0.2) is 14.2 Å².